The lowest BCUT2D eigenvalue weighted by Gasteiger charge is -2.24. The highest BCUT2D eigenvalue weighted by Gasteiger charge is 2.17. The van der Waals surface area contributed by atoms with Gasteiger partial charge in [0.05, 0.1) is 6.54 Å². The number of hydrogen-bond donors (Lipinski definition) is 0. The maximum atomic E-state index is 12.5. The Morgan fingerprint density at radius 2 is 1.86 bits per heavy atom. The fourth-order valence-electron chi connectivity index (χ4n) is 3.26. The molecule has 2 nitrogen and oxygen atoms in total. The smallest absolute Gasteiger partial charge is 0.176 e. The number of carbonyl (C=O) groups excluding carboxylic acids is 1. The molecular weight excluding hydrogens is 258 g/mol. The highest BCUT2D eigenvalue weighted by atomic mass is 16.1. The summed E-state index contributed by atoms with van der Waals surface area (Å²) < 4.78 is 0. The Morgan fingerprint density at radius 3 is 2.52 bits per heavy atom. The lowest BCUT2D eigenvalue weighted by molar-refractivity contribution is 0.0920. The van der Waals surface area contributed by atoms with E-state index in [9.17, 15) is 4.79 Å². The lowest BCUT2D eigenvalue weighted by Crippen LogP contribution is -2.34. The number of likely N-dealkylation sites (N-methyl/N-ethyl adjacent to an activating group) is 1. The predicted molar refractivity (Wildman–Crippen MR) is 89.0 cm³/mol. The van der Waals surface area contributed by atoms with E-state index < -0.39 is 0 Å². The number of Topliss-reactive ketones (excluding diaryl/α,β-unsaturated/α-hetero) is 1. The van der Waals surface area contributed by atoms with Crippen LogP contribution in [0.25, 0.3) is 0 Å². The van der Waals surface area contributed by atoms with Gasteiger partial charge >= 0.3 is 0 Å². The maximum Gasteiger partial charge on any atom is 0.176 e. The van der Waals surface area contributed by atoms with Gasteiger partial charge < -0.3 is 0 Å². The number of nitrogens with zero attached hydrogens (tertiary/aromatic N) is 1. The van der Waals surface area contributed by atoms with Crippen LogP contribution in [-0.2, 0) is 12.8 Å². The van der Waals surface area contributed by atoms with Crippen LogP contribution in [0.4, 0.5) is 0 Å². The number of aryl methyl sites for hydroxylation is 2. The fourth-order valence-corrected chi connectivity index (χ4v) is 3.26. The molecule has 1 aromatic rings. The molecule has 0 unspecified atom stereocenters. The zero-order chi connectivity index (χ0) is 15.2. The van der Waals surface area contributed by atoms with Gasteiger partial charge in [-0.3, -0.25) is 9.69 Å². The molecule has 21 heavy (non-hydrogen) atoms. The molecule has 0 bridgehead atoms. The van der Waals surface area contributed by atoms with E-state index in [0.717, 1.165) is 25.1 Å². The Bertz CT molecular complexity index is 476. The Hall–Kier alpha value is -1.15. The predicted octanol–water partition coefficient (Wildman–Crippen LogP) is 4.12. The van der Waals surface area contributed by atoms with Crippen LogP contribution in [0.2, 0.25) is 0 Å². The van der Waals surface area contributed by atoms with Crippen molar-refractivity contribution in [3.8, 4) is 0 Å². The van der Waals surface area contributed by atoms with Gasteiger partial charge in [0.15, 0.2) is 5.78 Å². The van der Waals surface area contributed by atoms with Gasteiger partial charge in [-0.15, -0.1) is 0 Å². The van der Waals surface area contributed by atoms with Crippen LogP contribution in [-0.4, -0.2) is 30.3 Å². The molecule has 116 valence electrons. The highest BCUT2D eigenvalue weighted by molar-refractivity contribution is 5.97. The summed E-state index contributed by atoms with van der Waals surface area (Å²) in [5, 5.41) is 0. The van der Waals surface area contributed by atoms with Crippen molar-refractivity contribution in [2.45, 2.75) is 52.9 Å². The van der Waals surface area contributed by atoms with Crippen LogP contribution in [0.1, 0.15) is 61.5 Å². The summed E-state index contributed by atoms with van der Waals surface area (Å²) in [4.78, 5) is 14.8. The van der Waals surface area contributed by atoms with E-state index in [0.29, 0.717) is 12.5 Å². The van der Waals surface area contributed by atoms with Gasteiger partial charge in [0.25, 0.3) is 0 Å². The number of carbonyl (C=O) groups is 1. The molecule has 0 saturated carbocycles. The fraction of sp³-hybridized carbons (Fsp3) is 0.632. The van der Waals surface area contributed by atoms with Crippen molar-refractivity contribution in [1.82, 2.24) is 4.90 Å². The number of benzene rings is 1. The van der Waals surface area contributed by atoms with Crippen LogP contribution >= 0.6 is 0 Å². The van der Waals surface area contributed by atoms with Crippen molar-refractivity contribution in [2.24, 2.45) is 5.92 Å². The quantitative estimate of drug-likeness (QED) is 0.670. The van der Waals surface area contributed by atoms with E-state index >= 15 is 0 Å². The van der Waals surface area contributed by atoms with Crippen molar-refractivity contribution in [3.05, 3.63) is 34.9 Å². The van der Waals surface area contributed by atoms with E-state index in [1.807, 2.05) is 6.07 Å². The topological polar surface area (TPSA) is 20.3 Å². The first-order valence-electron chi connectivity index (χ1n) is 8.55. The number of hydrogen-bond acceptors (Lipinski definition) is 2. The van der Waals surface area contributed by atoms with E-state index in [2.05, 4.69) is 37.8 Å². The second-order valence-electron chi connectivity index (χ2n) is 6.27. The number of rotatable bonds is 8. The van der Waals surface area contributed by atoms with E-state index in [1.54, 1.807) is 0 Å². The van der Waals surface area contributed by atoms with E-state index in [4.69, 9.17) is 0 Å². The molecule has 0 spiro atoms. The van der Waals surface area contributed by atoms with Crippen molar-refractivity contribution in [1.29, 1.82) is 0 Å². The van der Waals surface area contributed by atoms with Crippen molar-refractivity contribution in [3.63, 3.8) is 0 Å². The van der Waals surface area contributed by atoms with Gasteiger partial charge in [-0.05, 0) is 48.9 Å². The minimum Gasteiger partial charge on any atom is -0.296 e. The van der Waals surface area contributed by atoms with Gasteiger partial charge in [-0.25, -0.2) is 0 Å². The third-order valence-electron chi connectivity index (χ3n) is 4.91. The molecule has 0 heterocycles. The van der Waals surface area contributed by atoms with Crippen LogP contribution in [0.3, 0.4) is 0 Å². The molecule has 0 aliphatic heterocycles. The Kier molecular flexibility index (Phi) is 5.98. The van der Waals surface area contributed by atoms with Crippen molar-refractivity contribution >= 4 is 5.78 Å². The molecule has 1 aliphatic rings. The molecule has 0 aromatic heterocycles. The lowest BCUT2D eigenvalue weighted by atomic mass is 10.0. The summed E-state index contributed by atoms with van der Waals surface area (Å²) in [5.41, 5.74) is 3.73. The highest BCUT2D eigenvalue weighted by Crippen LogP contribution is 2.23. The molecule has 1 aliphatic carbocycles. The summed E-state index contributed by atoms with van der Waals surface area (Å²) in [7, 11) is 0. The van der Waals surface area contributed by atoms with Crippen molar-refractivity contribution in [2.75, 3.05) is 19.6 Å². The maximum absolute atomic E-state index is 12.5. The zero-order valence-corrected chi connectivity index (χ0v) is 13.8. The summed E-state index contributed by atoms with van der Waals surface area (Å²) in [5.74, 6) is 0.982. The largest absolute Gasteiger partial charge is 0.296 e. The number of fused-ring (bicyclic) bond motifs is 1. The molecule has 2 rings (SSSR count). The van der Waals surface area contributed by atoms with E-state index in [-0.39, 0.29) is 5.78 Å². The van der Waals surface area contributed by atoms with Gasteiger partial charge in [0.2, 0.25) is 0 Å². The second kappa shape index (κ2) is 7.74. The van der Waals surface area contributed by atoms with Gasteiger partial charge in [0, 0.05) is 12.1 Å². The van der Waals surface area contributed by atoms with Crippen LogP contribution in [0.5, 0.6) is 0 Å². The molecule has 0 radical (unpaired) electrons. The monoisotopic (exact) mass is 287 g/mol. The average molecular weight is 287 g/mol. The summed E-state index contributed by atoms with van der Waals surface area (Å²) in [6, 6.07) is 6.32. The molecule has 0 fully saturated rings. The van der Waals surface area contributed by atoms with Gasteiger partial charge in [-0.1, -0.05) is 45.7 Å². The molecule has 0 saturated heterocycles. The molecular formula is C19H29NO. The van der Waals surface area contributed by atoms with Gasteiger partial charge in [-0.2, -0.15) is 0 Å². The summed E-state index contributed by atoms with van der Waals surface area (Å²) >= 11 is 0. The third-order valence-corrected chi connectivity index (χ3v) is 4.91. The zero-order valence-electron chi connectivity index (χ0n) is 13.8. The van der Waals surface area contributed by atoms with Crippen LogP contribution in [0, 0.1) is 5.92 Å². The standard InChI is InChI=1S/C19H29NO/c1-4-15(5-2)13-20(6-3)14-19(21)18-11-10-16-8-7-9-17(16)12-18/h10-12,15H,4-9,13-14H2,1-3H3. The second-order valence-corrected chi connectivity index (χ2v) is 6.27. The van der Waals surface area contributed by atoms with Crippen LogP contribution < -0.4 is 0 Å². The minimum absolute atomic E-state index is 0.275. The average Bonchev–Trinajstić information content (AvgIpc) is 2.98. The van der Waals surface area contributed by atoms with Crippen molar-refractivity contribution < 1.29 is 4.79 Å². The van der Waals surface area contributed by atoms with E-state index in [1.165, 1.54) is 36.8 Å². The van der Waals surface area contributed by atoms with Crippen LogP contribution in [0.15, 0.2) is 18.2 Å². The minimum atomic E-state index is 0.275. The van der Waals surface area contributed by atoms with Gasteiger partial charge in [0.1, 0.15) is 0 Å². The molecule has 2 heteroatoms. The molecule has 0 atom stereocenters. The molecule has 0 amide bonds. The summed E-state index contributed by atoms with van der Waals surface area (Å²) in [6.45, 7) is 9.19. The Balaban J connectivity index is 1.99. The normalized spacial score (nSPS) is 14.0. The number of ketones is 1. The third kappa shape index (κ3) is 4.16. The SMILES string of the molecule is CCC(CC)CN(CC)CC(=O)c1ccc2c(c1)CCC2. The molecule has 1 aromatic carbocycles. The first kappa shape index (κ1) is 16.2. The summed E-state index contributed by atoms with van der Waals surface area (Å²) in [6.07, 6.45) is 5.95. The Morgan fingerprint density at radius 1 is 1.14 bits per heavy atom. The molecule has 0 N–H and O–H groups in total. The first-order valence-corrected chi connectivity index (χ1v) is 8.55. The first-order chi connectivity index (χ1) is 10.2. The Labute approximate surface area is 129 Å².